The molecule has 0 fully saturated rings. The van der Waals surface area contributed by atoms with E-state index >= 15 is 0 Å². The number of nitrogens with zero attached hydrogens (tertiary/aromatic N) is 2. The van der Waals surface area contributed by atoms with Gasteiger partial charge in [-0.05, 0) is 149 Å². The molecule has 0 atom stereocenters. The fraction of sp³-hybridized carbons (Fsp3) is 0.0606. The van der Waals surface area contributed by atoms with Gasteiger partial charge in [-0.1, -0.05) is 121 Å². The topological polar surface area (TPSA) is 32.8 Å². The molecule has 2 aromatic heterocycles. The van der Waals surface area contributed by atoms with E-state index in [1.54, 1.807) is 12.1 Å². The molecule has 0 radical (unpaired) electrons. The van der Waals surface area contributed by atoms with Crippen molar-refractivity contribution in [1.29, 1.82) is 0 Å². The molecule has 7 heteroatoms. The van der Waals surface area contributed by atoms with Gasteiger partial charge < -0.3 is 18.6 Å². The number of rotatable bonds is 8. The van der Waals surface area contributed by atoms with E-state index in [0.717, 1.165) is 157 Å². The van der Waals surface area contributed by atoms with Gasteiger partial charge in [-0.25, -0.2) is 13.2 Å². The Labute approximate surface area is 418 Å². The Morgan fingerprint density at radius 2 is 0.932 bits per heavy atom. The Bertz CT molecular complexity index is 4400. The largest absolute Gasteiger partial charge is 0.454 e. The average molecular weight is 953 g/mol. The van der Waals surface area contributed by atoms with Crippen LogP contribution in [-0.4, -0.2) is 0 Å². The molecule has 13 aromatic rings. The highest BCUT2D eigenvalue weighted by molar-refractivity contribution is 6.28. The zero-order chi connectivity index (χ0) is 49.1. The number of hydrogen-bond acceptors (Lipinski definition) is 4. The van der Waals surface area contributed by atoms with E-state index in [9.17, 15) is 13.2 Å². The van der Waals surface area contributed by atoms with Crippen LogP contribution >= 0.6 is 0 Å². The fourth-order valence-electron chi connectivity index (χ4n) is 11.7. The number of para-hydroxylation sites is 4. The van der Waals surface area contributed by atoms with Crippen LogP contribution in [0.2, 0.25) is 0 Å². The van der Waals surface area contributed by atoms with E-state index in [1.807, 2.05) is 68.4 Å². The summed E-state index contributed by atoms with van der Waals surface area (Å²) in [6, 6.07) is 63.1. The lowest BCUT2D eigenvalue weighted by molar-refractivity contribution is 0.589. The van der Waals surface area contributed by atoms with E-state index in [4.69, 9.17) is 8.83 Å². The van der Waals surface area contributed by atoms with Gasteiger partial charge >= 0.3 is 0 Å². The van der Waals surface area contributed by atoms with Gasteiger partial charge in [0.1, 0.15) is 28.6 Å². The third kappa shape index (κ3) is 6.69. The first kappa shape index (κ1) is 42.8. The SMILES string of the molecule is Cc1cc(F)ccc1-c1cccc2c3c(oc12)C(N(c1ccc(F)cc1)c1ccc2ccc4c(N(c5ccccc5)c5cccc6c5oc5c(-c7ccc(F)cc7C)cccc56)ccc5ccc1c2c54)=CCC3. The van der Waals surface area contributed by atoms with Crippen molar-refractivity contribution in [3.8, 4) is 22.3 Å². The predicted molar refractivity (Wildman–Crippen MR) is 293 cm³/mol. The Kier molecular flexibility index (Phi) is 9.67. The van der Waals surface area contributed by atoms with Crippen molar-refractivity contribution in [2.24, 2.45) is 0 Å². The maximum absolute atomic E-state index is 14.9. The number of aryl methyl sites for hydroxylation is 3. The van der Waals surface area contributed by atoms with Crippen LogP contribution in [0.1, 0.15) is 28.9 Å². The summed E-state index contributed by atoms with van der Waals surface area (Å²) in [5.41, 5.74) is 14.0. The maximum atomic E-state index is 14.9. The molecule has 11 aromatic carbocycles. The maximum Gasteiger partial charge on any atom is 0.159 e. The molecule has 1 aliphatic carbocycles. The summed E-state index contributed by atoms with van der Waals surface area (Å²) < 4.78 is 57.7. The van der Waals surface area contributed by atoms with E-state index < -0.39 is 0 Å². The van der Waals surface area contributed by atoms with Crippen molar-refractivity contribution in [2.45, 2.75) is 26.7 Å². The highest BCUT2D eigenvalue weighted by Crippen LogP contribution is 2.51. The lowest BCUT2D eigenvalue weighted by Crippen LogP contribution is -2.18. The lowest BCUT2D eigenvalue weighted by Gasteiger charge is -2.31. The normalized spacial score (nSPS) is 12.7. The molecule has 14 rings (SSSR count). The summed E-state index contributed by atoms with van der Waals surface area (Å²) in [5, 5.41) is 9.45. The Morgan fingerprint density at radius 3 is 1.56 bits per heavy atom. The molecule has 0 spiro atoms. The van der Waals surface area contributed by atoms with E-state index in [1.165, 1.54) is 24.3 Å². The van der Waals surface area contributed by atoms with Gasteiger partial charge in [0.2, 0.25) is 0 Å². The Hall–Kier alpha value is -9.07. The second-order valence-corrected chi connectivity index (χ2v) is 19.2. The van der Waals surface area contributed by atoms with Crippen molar-refractivity contribution in [1.82, 2.24) is 0 Å². The molecule has 0 amide bonds. The van der Waals surface area contributed by atoms with Gasteiger partial charge in [0.25, 0.3) is 0 Å². The van der Waals surface area contributed by atoms with Gasteiger partial charge in [0.05, 0.1) is 22.8 Å². The quantitative estimate of drug-likeness (QED) is 0.142. The first-order chi connectivity index (χ1) is 35.8. The summed E-state index contributed by atoms with van der Waals surface area (Å²) >= 11 is 0. The highest BCUT2D eigenvalue weighted by atomic mass is 19.1. The van der Waals surface area contributed by atoms with Crippen molar-refractivity contribution < 1.29 is 22.0 Å². The summed E-state index contributed by atoms with van der Waals surface area (Å²) in [5.74, 6) is -0.119. The van der Waals surface area contributed by atoms with Crippen LogP contribution in [0.15, 0.2) is 209 Å². The fourth-order valence-corrected chi connectivity index (χ4v) is 11.7. The van der Waals surface area contributed by atoms with E-state index in [0.29, 0.717) is 0 Å². The summed E-state index contributed by atoms with van der Waals surface area (Å²) in [4.78, 5) is 4.51. The van der Waals surface area contributed by atoms with Crippen LogP contribution in [0.3, 0.4) is 0 Å². The Balaban J connectivity index is 0.975. The Morgan fingerprint density at radius 1 is 0.397 bits per heavy atom. The third-order valence-electron chi connectivity index (χ3n) is 14.9. The molecule has 0 aliphatic heterocycles. The van der Waals surface area contributed by atoms with Crippen LogP contribution in [0.5, 0.6) is 0 Å². The van der Waals surface area contributed by atoms with Gasteiger partial charge in [0.15, 0.2) is 11.3 Å². The van der Waals surface area contributed by atoms with Gasteiger partial charge in [-0.2, -0.15) is 0 Å². The predicted octanol–water partition coefficient (Wildman–Crippen LogP) is 19.2. The smallest absolute Gasteiger partial charge is 0.159 e. The zero-order valence-electron chi connectivity index (χ0n) is 39.8. The van der Waals surface area contributed by atoms with Crippen LogP contribution in [0.25, 0.3) is 93.2 Å². The lowest BCUT2D eigenvalue weighted by atomic mass is 9.91. The molecule has 0 saturated heterocycles. The number of allylic oxidation sites excluding steroid dienone is 1. The molecule has 350 valence electrons. The monoisotopic (exact) mass is 952 g/mol. The molecule has 1 aliphatic rings. The molecule has 2 heterocycles. The highest BCUT2D eigenvalue weighted by Gasteiger charge is 2.30. The van der Waals surface area contributed by atoms with Crippen molar-refractivity contribution in [3.05, 3.63) is 240 Å². The van der Waals surface area contributed by atoms with E-state index in [-0.39, 0.29) is 17.5 Å². The first-order valence-corrected chi connectivity index (χ1v) is 24.6. The second-order valence-electron chi connectivity index (χ2n) is 19.2. The molecule has 0 N–H and O–H groups in total. The van der Waals surface area contributed by atoms with Gasteiger partial charge in [0, 0.05) is 55.0 Å². The number of hydrogen-bond donors (Lipinski definition) is 0. The molecule has 0 saturated carbocycles. The standard InChI is InChI=1S/C66H43F3N2O2/c1-38-36-43(68)26-32-47(38)49-12-6-14-51-53-16-8-18-59(65(53)72-63(49)51)70(45-10-4-3-5-11-45)57-34-22-40-21-31-56-58(35-23-41-20-30-55(57)61(40)62(41)56)71(46-28-24-42(67)25-29-46)60-19-9-17-54-52-15-7-13-50(64(52)73-66(54)60)48-33-27-44(69)37-39(48)2/h3-8,10-16,18-37H,9,17H2,1-2H3. The van der Waals surface area contributed by atoms with Crippen LogP contribution in [-0.2, 0) is 6.42 Å². The van der Waals surface area contributed by atoms with E-state index in [2.05, 4.69) is 119 Å². The van der Waals surface area contributed by atoms with Crippen LogP contribution in [0, 0.1) is 31.3 Å². The molecule has 0 bridgehead atoms. The number of halogens is 3. The average Bonchev–Trinajstić information content (AvgIpc) is 4.00. The van der Waals surface area contributed by atoms with Crippen molar-refractivity contribution in [3.63, 3.8) is 0 Å². The van der Waals surface area contributed by atoms with Crippen LogP contribution < -0.4 is 9.80 Å². The number of furan rings is 2. The zero-order valence-corrected chi connectivity index (χ0v) is 39.8. The summed E-state index contributed by atoms with van der Waals surface area (Å²) in [6.07, 6.45) is 3.78. The minimum atomic E-state index is -0.322. The molecule has 73 heavy (non-hydrogen) atoms. The third-order valence-corrected chi connectivity index (χ3v) is 14.9. The first-order valence-electron chi connectivity index (χ1n) is 24.6. The second kappa shape index (κ2) is 16.5. The summed E-state index contributed by atoms with van der Waals surface area (Å²) in [7, 11) is 0. The van der Waals surface area contributed by atoms with Crippen molar-refractivity contribution >= 4 is 99.4 Å². The number of anilines is 5. The molecule has 0 unspecified atom stereocenters. The molecular weight excluding hydrogens is 910 g/mol. The molecular formula is C66H43F3N2O2. The molecule has 4 nitrogen and oxygen atoms in total. The minimum Gasteiger partial charge on any atom is -0.454 e. The van der Waals surface area contributed by atoms with Crippen LogP contribution in [0.4, 0.5) is 41.6 Å². The van der Waals surface area contributed by atoms with Gasteiger partial charge in [-0.15, -0.1) is 0 Å². The number of fused-ring (bicyclic) bond motifs is 6. The number of benzene rings is 11. The van der Waals surface area contributed by atoms with Gasteiger partial charge in [-0.3, -0.25) is 0 Å². The van der Waals surface area contributed by atoms with Crippen molar-refractivity contribution in [2.75, 3.05) is 9.80 Å². The summed E-state index contributed by atoms with van der Waals surface area (Å²) in [6.45, 7) is 3.85. The minimum absolute atomic E-state index is 0.273.